The van der Waals surface area contributed by atoms with Gasteiger partial charge in [0.2, 0.25) is 0 Å². The lowest BCUT2D eigenvalue weighted by molar-refractivity contribution is 0.0526. The molecule has 0 fully saturated rings. The van der Waals surface area contributed by atoms with Crippen LogP contribution < -0.4 is 4.74 Å². The molecular formula is C20H20N2O4. The third-order valence-electron chi connectivity index (χ3n) is 4.23. The van der Waals surface area contributed by atoms with E-state index in [1.807, 2.05) is 26.0 Å². The van der Waals surface area contributed by atoms with Gasteiger partial charge in [0, 0.05) is 17.1 Å². The van der Waals surface area contributed by atoms with Gasteiger partial charge in [0.05, 0.1) is 36.1 Å². The number of carbonyl (C=O) groups is 1. The summed E-state index contributed by atoms with van der Waals surface area (Å²) in [6.45, 7) is 9.62. The van der Waals surface area contributed by atoms with E-state index in [2.05, 4.69) is 16.7 Å². The molecule has 1 aromatic carbocycles. The molecule has 6 nitrogen and oxygen atoms in total. The first-order valence-electron chi connectivity index (χ1n) is 8.25. The highest BCUT2D eigenvalue weighted by molar-refractivity contribution is 6.02. The summed E-state index contributed by atoms with van der Waals surface area (Å²) in [6, 6.07) is 3.76. The van der Waals surface area contributed by atoms with E-state index in [0.717, 1.165) is 22.2 Å². The van der Waals surface area contributed by atoms with Gasteiger partial charge < -0.3 is 14.0 Å². The predicted octanol–water partition coefficient (Wildman–Crippen LogP) is 4.33. The molecule has 0 aliphatic rings. The van der Waals surface area contributed by atoms with Gasteiger partial charge in [-0.2, -0.15) is 0 Å². The van der Waals surface area contributed by atoms with Crippen LogP contribution in [0.3, 0.4) is 0 Å². The molecule has 0 atom stereocenters. The minimum atomic E-state index is -0.425. The highest BCUT2D eigenvalue weighted by Crippen LogP contribution is 2.38. The van der Waals surface area contributed by atoms with Crippen LogP contribution in [-0.4, -0.2) is 29.8 Å². The Labute approximate surface area is 151 Å². The number of aryl methyl sites for hydroxylation is 2. The van der Waals surface area contributed by atoms with Crippen molar-refractivity contribution in [2.45, 2.75) is 20.8 Å². The zero-order chi connectivity index (χ0) is 18.8. The zero-order valence-corrected chi connectivity index (χ0v) is 15.3. The van der Waals surface area contributed by atoms with Gasteiger partial charge in [-0.25, -0.2) is 4.79 Å². The van der Waals surface area contributed by atoms with Crippen molar-refractivity contribution in [1.82, 2.24) is 10.1 Å². The molecule has 0 saturated carbocycles. The average Bonchev–Trinajstić information content (AvgIpc) is 2.97. The van der Waals surface area contributed by atoms with Gasteiger partial charge in [-0.15, -0.1) is 0 Å². The average molecular weight is 352 g/mol. The molecule has 0 aliphatic carbocycles. The normalized spacial score (nSPS) is 10.8. The van der Waals surface area contributed by atoms with E-state index in [-0.39, 0.29) is 0 Å². The minimum Gasteiger partial charge on any atom is -0.496 e. The maximum Gasteiger partial charge on any atom is 0.340 e. The van der Waals surface area contributed by atoms with Gasteiger partial charge in [0.15, 0.2) is 0 Å². The Bertz CT molecular complexity index is 985. The van der Waals surface area contributed by atoms with Crippen LogP contribution in [0.15, 0.2) is 29.4 Å². The summed E-state index contributed by atoms with van der Waals surface area (Å²) >= 11 is 0. The summed E-state index contributed by atoms with van der Waals surface area (Å²) < 4.78 is 16.0. The molecule has 2 heterocycles. The molecule has 0 bridgehead atoms. The van der Waals surface area contributed by atoms with Gasteiger partial charge in [-0.3, -0.25) is 4.98 Å². The number of esters is 1. The molecule has 2 aromatic heterocycles. The Hall–Kier alpha value is -3.15. The van der Waals surface area contributed by atoms with E-state index in [0.29, 0.717) is 34.8 Å². The summed E-state index contributed by atoms with van der Waals surface area (Å²) in [5.41, 5.74) is 4.23. The Morgan fingerprint density at radius 2 is 2.12 bits per heavy atom. The number of rotatable bonds is 5. The lowest BCUT2D eigenvalue weighted by Crippen LogP contribution is -2.08. The fourth-order valence-electron chi connectivity index (χ4n) is 3.06. The number of hydrogen-bond acceptors (Lipinski definition) is 6. The second-order valence-electron chi connectivity index (χ2n) is 5.78. The maximum absolute atomic E-state index is 12.2. The van der Waals surface area contributed by atoms with Crippen molar-refractivity contribution in [1.29, 1.82) is 0 Å². The highest BCUT2D eigenvalue weighted by Gasteiger charge is 2.20. The van der Waals surface area contributed by atoms with Crippen LogP contribution in [0.5, 0.6) is 5.75 Å². The second kappa shape index (κ2) is 7.00. The van der Waals surface area contributed by atoms with Crippen molar-refractivity contribution in [3.63, 3.8) is 0 Å². The summed E-state index contributed by atoms with van der Waals surface area (Å²) in [5, 5.41) is 4.77. The Kier molecular flexibility index (Phi) is 4.75. The molecule has 0 unspecified atom stereocenters. The Morgan fingerprint density at radius 1 is 1.35 bits per heavy atom. The summed E-state index contributed by atoms with van der Waals surface area (Å²) in [6.07, 6.45) is 3.15. The van der Waals surface area contributed by atoms with E-state index in [4.69, 9.17) is 14.0 Å². The fourth-order valence-corrected chi connectivity index (χ4v) is 3.06. The standard InChI is InChI=1S/C20H20N2O4/c1-6-13-14-9-18(24-5)15(19-11(3)22-26-12(19)4)8-17(14)21-10-16(13)20(23)25-7-2/h6,8-10H,1,7H2,2-5H3. The third kappa shape index (κ3) is 2.83. The SMILES string of the molecule is C=Cc1c(C(=O)OCC)cnc2cc(-c3c(C)noc3C)c(OC)cc12. The number of hydrogen-bond donors (Lipinski definition) is 0. The summed E-state index contributed by atoms with van der Waals surface area (Å²) in [5.74, 6) is 0.913. The molecule has 3 aromatic rings. The molecule has 26 heavy (non-hydrogen) atoms. The van der Waals surface area contributed by atoms with Crippen LogP contribution in [0, 0.1) is 13.8 Å². The van der Waals surface area contributed by atoms with E-state index in [1.54, 1.807) is 20.1 Å². The quantitative estimate of drug-likeness (QED) is 0.636. The molecule has 0 amide bonds. The summed E-state index contributed by atoms with van der Waals surface area (Å²) in [7, 11) is 1.60. The molecule has 0 spiro atoms. The molecule has 3 rings (SSSR count). The number of nitrogens with zero attached hydrogens (tertiary/aromatic N) is 2. The number of aromatic nitrogens is 2. The van der Waals surface area contributed by atoms with E-state index in [1.165, 1.54) is 6.20 Å². The number of pyridine rings is 1. The van der Waals surface area contributed by atoms with Crippen molar-refractivity contribution < 1.29 is 18.8 Å². The molecule has 6 heteroatoms. The minimum absolute atomic E-state index is 0.293. The molecule has 0 aliphatic heterocycles. The first kappa shape index (κ1) is 17.7. The smallest absolute Gasteiger partial charge is 0.340 e. The zero-order valence-electron chi connectivity index (χ0n) is 15.3. The number of carbonyl (C=O) groups excluding carboxylic acids is 1. The van der Waals surface area contributed by atoms with Crippen molar-refractivity contribution >= 4 is 22.9 Å². The maximum atomic E-state index is 12.2. The molecule has 134 valence electrons. The van der Waals surface area contributed by atoms with E-state index < -0.39 is 5.97 Å². The molecule has 0 saturated heterocycles. The lowest BCUT2D eigenvalue weighted by Gasteiger charge is -2.13. The first-order chi connectivity index (χ1) is 12.5. The summed E-state index contributed by atoms with van der Waals surface area (Å²) in [4.78, 5) is 16.6. The monoisotopic (exact) mass is 352 g/mol. The van der Waals surface area contributed by atoms with E-state index in [9.17, 15) is 4.79 Å². The predicted molar refractivity (Wildman–Crippen MR) is 99.3 cm³/mol. The number of ether oxygens (including phenoxy) is 2. The van der Waals surface area contributed by atoms with Gasteiger partial charge in [0.25, 0.3) is 0 Å². The topological polar surface area (TPSA) is 74.5 Å². The van der Waals surface area contributed by atoms with Crippen molar-refractivity contribution in [2.24, 2.45) is 0 Å². The highest BCUT2D eigenvalue weighted by atomic mass is 16.5. The van der Waals surface area contributed by atoms with Gasteiger partial charge >= 0.3 is 5.97 Å². The van der Waals surface area contributed by atoms with Crippen molar-refractivity contribution in [2.75, 3.05) is 13.7 Å². The second-order valence-corrected chi connectivity index (χ2v) is 5.78. The molecular weight excluding hydrogens is 332 g/mol. The Morgan fingerprint density at radius 3 is 2.69 bits per heavy atom. The first-order valence-corrected chi connectivity index (χ1v) is 8.25. The van der Waals surface area contributed by atoms with Crippen LogP contribution in [0.1, 0.15) is 34.3 Å². The van der Waals surface area contributed by atoms with Crippen LogP contribution >= 0.6 is 0 Å². The number of methoxy groups -OCH3 is 1. The third-order valence-corrected chi connectivity index (χ3v) is 4.23. The van der Waals surface area contributed by atoms with Crippen LogP contribution in [0.25, 0.3) is 28.1 Å². The van der Waals surface area contributed by atoms with Crippen molar-refractivity contribution in [3.8, 4) is 16.9 Å². The number of fused-ring (bicyclic) bond motifs is 1. The fraction of sp³-hybridized carbons (Fsp3) is 0.250. The van der Waals surface area contributed by atoms with E-state index >= 15 is 0 Å². The molecule has 0 radical (unpaired) electrons. The van der Waals surface area contributed by atoms with Gasteiger partial charge in [-0.05, 0) is 38.5 Å². The number of benzene rings is 1. The lowest BCUT2D eigenvalue weighted by atomic mass is 9.97. The Balaban J connectivity index is 2.29. The van der Waals surface area contributed by atoms with Gasteiger partial charge in [0.1, 0.15) is 11.5 Å². The van der Waals surface area contributed by atoms with Crippen LogP contribution in [0.4, 0.5) is 0 Å². The molecule has 0 N–H and O–H groups in total. The van der Waals surface area contributed by atoms with Crippen molar-refractivity contribution in [3.05, 3.63) is 47.5 Å². The van der Waals surface area contributed by atoms with Crippen LogP contribution in [-0.2, 0) is 4.74 Å². The van der Waals surface area contributed by atoms with Crippen LogP contribution in [0.2, 0.25) is 0 Å². The van der Waals surface area contributed by atoms with Gasteiger partial charge in [-0.1, -0.05) is 17.8 Å². The largest absolute Gasteiger partial charge is 0.496 e.